The molecule has 0 saturated heterocycles. The van der Waals surface area contributed by atoms with E-state index in [1.807, 2.05) is 22.6 Å². The molecule has 0 heterocycles. The molecule has 1 aromatic carbocycles. The Morgan fingerprint density at radius 2 is 2.06 bits per heavy atom. The molecule has 0 aliphatic carbocycles. The van der Waals surface area contributed by atoms with Gasteiger partial charge in [-0.25, -0.2) is 0 Å². The van der Waals surface area contributed by atoms with Crippen LogP contribution in [-0.4, -0.2) is 16.6 Å². The fourth-order valence-electron chi connectivity index (χ4n) is 1.14. The minimum absolute atomic E-state index is 0.00276. The van der Waals surface area contributed by atoms with Crippen molar-refractivity contribution in [2.75, 3.05) is 5.33 Å². The monoisotopic (exact) mass is 438 g/mol. The van der Waals surface area contributed by atoms with Crippen LogP contribution in [0.15, 0.2) is 23.1 Å². The summed E-state index contributed by atoms with van der Waals surface area (Å²) >= 11 is 4.74. The molecule has 0 N–H and O–H groups in total. The van der Waals surface area contributed by atoms with E-state index in [0.29, 0.717) is 3.57 Å². The molecule has 17 heavy (non-hydrogen) atoms. The average Bonchev–Trinajstić information content (AvgIpc) is 2.20. The lowest BCUT2D eigenvalue weighted by Crippen LogP contribution is -2.04. The summed E-state index contributed by atoms with van der Waals surface area (Å²) in [5.41, 5.74) is -3.56. The summed E-state index contributed by atoms with van der Waals surface area (Å²) in [7, 11) is 0. The maximum absolute atomic E-state index is 12.2. The Bertz CT molecular complexity index is 423. The second-order valence-corrected chi connectivity index (χ2v) is 5.99. The summed E-state index contributed by atoms with van der Waals surface area (Å²) in [6, 6.07) is 4.56. The smallest absolute Gasteiger partial charge is 0.298 e. The van der Waals surface area contributed by atoms with Gasteiger partial charge >= 0.3 is 5.51 Å². The predicted molar refractivity (Wildman–Crippen MR) is 73.6 cm³/mol. The Morgan fingerprint density at radius 3 is 2.53 bits per heavy atom. The summed E-state index contributed by atoms with van der Waals surface area (Å²) in [6.45, 7) is 0. The minimum Gasteiger partial charge on any atom is -0.298 e. The maximum Gasteiger partial charge on any atom is 0.446 e. The molecule has 0 unspecified atom stereocenters. The Morgan fingerprint density at radius 1 is 1.41 bits per heavy atom. The molecule has 0 amide bonds. The van der Waals surface area contributed by atoms with Crippen LogP contribution in [0.1, 0.15) is 5.56 Å². The standard InChI is InChI=1S/C10H7BrF3IOS/c11-5-7(16)3-6-1-2-9(8(15)4-6)17-10(12,13)14/h1-2,4H,3,5H2. The van der Waals surface area contributed by atoms with Crippen molar-refractivity contribution in [1.82, 2.24) is 0 Å². The largest absolute Gasteiger partial charge is 0.446 e. The fraction of sp³-hybridized carbons (Fsp3) is 0.300. The van der Waals surface area contributed by atoms with Crippen molar-refractivity contribution in [2.45, 2.75) is 16.8 Å². The molecule has 1 rings (SSSR count). The summed E-state index contributed by atoms with van der Waals surface area (Å²) in [5.74, 6) is -0.00276. The van der Waals surface area contributed by atoms with Gasteiger partial charge in [0.05, 0.1) is 5.33 Å². The van der Waals surface area contributed by atoms with Crippen LogP contribution in [0.3, 0.4) is 0 Å². The number of benzene rings is 1. The Labute approximate surface area is 123 Å². The third kappa shape index (κ3) is 5.60. The van der Waals surface area contributed by atoms with Gasteiger partial charge < -0.3 is 0 Å². The highest BCUT2D eigenvalue weighted by Gasteiger charge is 2.30. The normalized spacial score (nSPS) is 11.6. The first-order chi connectivity index (χ1) is 7.81. The highest BCUT2D eigenvalue weighted by molar-refractivity contribution is 14.1. The number of thioether (sulfide) groups is 1. The van der Waals surface area contributed by atoms with Gasteiger partial charge in [0.2, 0.25) is 0 Å². The Kier molecular flexibility index (Phi) is 5.78. The third-order valence-electron chi connectivity index (χ3n) is 1.77. The molecule has 0 spiro atoms. The van der Waals surface area contributed by atoms with Crippen LogP contribution in [0.5, 0.6) is 0 Å². The average molecular weight is 439 g/mol. The number of hydrogen-bond donors (Lipinski definition) is 0. The fourth-order valence-corrected chi connectivity index (χ4v) is 2.79. The molecule has 1 nitrogen and oxygen atoms in total. The molecular formula is C10H7BrF3IOS. The number of Topliss-reactive ketones (excluding diaryl/α,β-unsaturated/α-hetero) is 1. The minimum atomic E-state index is -4.28. The van der Waals surface area contributed by atoms with Gasteiger partial charge in [-0.1, -0.05) is 22.0 Å². The quantitative estimate of drug-likeness (QED) is 0.393. The number of carbonyl (C=O) groups is 1. The number of alkyl halides is 4. The summed E-state index contributed by atoms with van der Waals surface area (Å²) < 4.78 is 37.1. The van der Waals surface area contributed by atoms with Gasteiger partial charge in [0, 0.05) is 14.9 Å². The van der Waals surface area contributed by atoms with E-state index in [1.165, 1.54) is 6.07 Å². The number of hydrogen-bond acceptors (Lipinski definition) is 2. The van der Waals surface area contributed by atoms with Crippen molar-refractivity contribution >= 4 is 56.1 Å². The van der Waals surface area contributed by atoms with Crippen molar-refractivity contribution < 1.29 is 18.0 Å². The summed E-state index contributed by atoms with van der Waals surface area (Å²) in [6.07, 6.45) is 0.234. The number of halogens is 5. The highest BCUT2D eigenvalue weighted by atomic mass is 127. The van der Waals surface area contributed by atoms with Crippen LogP contribution < -0.4 is 0 Å². The number of ketones is 1. The summed E-state index contributed by atoms with van der Waals surface area (Å²) in [5, 5.41) is 0.253. The second kappa shape index (κ2) is 6.42. The van der Waals surface area contributed by atoms with Crippen LogP contribution in [0.2, 0.25) is 0 Å². The number of carbonyl (C=O) groups excluding carboxylic acids is 1. The topological polar surface area (TPSA) is 17.1 Å². The van der Waals surface area contributed by atoms with Crippen LogP contribution in [0, 0.1) is 3.57 Å². The molecule has 0 atom stereocenters. The van der Waals surface area contributed by atoms with Crippen molar-refractivity contribution in [1.29, 1.82) is 0 Å². The third-order valence-corrected chi connectivity index (χ3v) is 4.46. The molecule has 0 aliphatic heterocycles. The van der Waals surface area contributed by atoms with Gasteiger partial charge in [-0.15, -0.1) is 0 Å². The van der Waals surface area contributed by atoms with Gasteiger partial charge in [0.25, 0.3) is 0 Å². The van der Waals surface area contributed by atoms with Crippen molar-refractivity contribution in [3.63, 3.8) is 0 Å². The Hall–Kier alpha value is 0.240. The molecular weight excluding hydrogens is 432 g/mol. The van der Waals surface area contributed by atoms with Crippen LogP contribution in [0.4, 0.5) is 13.2 Å². The van der Waals surface area contributed by atoms with Crippen LogP contribution >= 0.6 is 50.3 Å². The van der Waals surface area contributed by atoms with E-state index in [-0.39, 0.29) is 34.2 Å². The van der Waals surface area contributed by atoms with Crippen molar-refractivity contribution in [2.24, 2.45) is 0 Å². The van der Waals surface area contributed by atoms with Crippen LogP contribution in [0.25, 0.3) is 0 Å². The van der Waals surface area contributed by atoms with E-state index in [9.17, 15) is 18.0 Å². The maximum atomic E-state index is 12.2. The molecule has 0 aliphatic rings. The van der Waals surface area contributed by atoms with Gasteiger partial charge in [-0.05, 0) is 52.0 Å². The molecule has 0 bridgehead atoms. The van der Waals surface area contributed by atoms with Crippen molar-refractivity contribution in [3.8, 4) is 0 Å². The lowest BCUT2D eigenvalue weighted by molar-refractivity contribution is -0.115. The van der Waals surface area contributed by atoms with Gasteiger partial charge in [-0.2, -0.15) is 13.2 Å². The van der Waals surface area contributed by atoms with E-state index in [1.54, 1.807) is 12.1 Å². The van der Waals surface area contributed by atoms with Crippen molar-refractivity contribution in [3.05, 3.63) is 27.3 Å². The molecule has 0 aromatic heterocycles. The molecule has 0 fully saturated rings. The lowest BCUT2D eigenvalue weighted by Gasteiger charge is -2.08. The van der Waals surface area contributed by atoms with E-state index in [0.717, 1.165) is 5.56 Å². The molecule has 7 heteroatoms. The second-order valence-electron chi connectivity index (χ2n) is 3.16. The highest BCUT2D eigenvalue weighted by Crippen LogP contribution is 2.39. The number of rotatable bonds is 4. The molecule has 0 radical (unpaired) electrons. The molecule has 0 saturated carbocycles. The Balaban J connectivity index is 2.83. The predicted octanol–water partition coefficient (Wildman–Crippen LogP) is 4.41. The van der Waals surface area contributed by atoms with Crippen LogP contribution in [-0.2, 0) is 11.2 Å². The van der Waals surface area contributed by atoms with Gasteiger partial charge in [0.1, 0.15) is 5.78 Å². The zero-order valence-electron chi connectivity index (χ0n) is 8.35. The van der Waals surface area contributed by atoms with E-state index in [4.69, 9.17) is 0 Å². The molecule has 1 aromatic rings. The lowest BCUT2D eigenvalue weighted by atomic mass is 10.1. The van der Waals surface area contributed by atoms with E-state index in [2.05, 4.69) is 15.9 Å². The summed E-state index contributed by atoms with van der Waals surface area (Å²) in [4.78, 5) is 11.3. The SMILES string of the molecule is O=C(CBr)Cc1ccc(SC(F)(F)F)c(I)c1. The van der Waals surface area contributed by atoms with E-state index < -0.39 is 5.51 Å². The zero-order chi connectivity index (χ0) is 13.1. The van der Waals surface area contributed by atoms with Gasteiger partial charge in [0.15, 0.2) is 0 Å². The first kappa shape index (κ1) is 15.3. The van der Waals surface area contributed by atoms with Gasteiger partial charge in [-0.3, -0.25) is 4.79 Å². The molecule has 94 valence electrons. The first-order valence-corrected chi connectivity index (χ1v) is 7.45. The van der Waals surface area contributed by atoms with E-state index >= 15 is 0 Å². The first-order valence-electron chi connectivity index (χ1n) is 4.43. The zero-order valence-corrected chi connectivity index (χ0v) is 12.9.